The van der Waals surface area contributed by atoms with Gasteiger partial charge >= 0.3 is 5.97 Å². The lowest BCUT2D eigenvalue weighted by atomic mass is 10.1. The lowest BCUT2D eigenvalue weighted by Gasteiger charge is -2.12. The number of pyridine rings is 1. The van der Waals surface area contributed by atoms with Crippen molar-refractivity contribution in [3.05, 3.63) is 59.4 Å². The Morgan fingerprint density at radius 2 is 1.78 bits per heavy atom. The number of nitrogens with one attached hydrogen (secondary N) is 1. The van der Waals surface area contributed by atoms with Crippen LogP contribution >= 0.6 is 0 Å². The third-order valence-electron chi connectivity index (χ3n) is 3.46. The fourth-order valence-corrected chi connectivity index (χ4v) is 2.33. The molecule has 3 heterocycles. The summed E-state index contributed by atoms with van der Waals surface area (Å²) in [6.07, 6.45) is 2.80. The number of hydrogen-bond donors (Lipinski definition) is 1. The topological polar surface area (TPSA) is 105 Å². The molecule has 1 N–H and O–H groups in total. The summed E-state index contributed by atoms with van der Waals surface area (Å²) in [6, 6.07) is 7.75. The van der Waals surface area contributed by atoms with Crippen molar-refractivity contribution in [1.29, 1.82) is 0 Å². The summed E-state index contributed by atoms with van der Waals surface area (Å²) in [6.45, 7) is 0. The van der Waals surface area contributed by atoms with E-state index < -0.39 is 17.8 Å². The van der Waals surface area contributed by atoms with Gasteiger partial charge in [0.2, 0.25) is 0 Å². The van der Waals surface area contributed by atoms with Crippen molar-refractivity contribution in [2.45, 2.75) is 0 Å². The Morgan fingerprint density at radius 3 is 2.48 bits per heavy atom. The molecule has 2 aromatic heterocycles. The Hall–Kier alpha value is -3.55. The van der Waals surface area contributed by atoms with Gasteiger partial charge in [0, 0.05) is 6.20 Å². The molecule has 0 fully saturated rings. The molecule has 1 aliphatic heterocycles. The lowest BCUT2D eigenvalue weighted by molar-refractivity contribution is -0.0584. The predicted molar refractivity (Wildman–Crippen MR) is 76.2 cm³/mol. The van der Waals surface area contributed by atoms with Crippen LogP contribution in [0.2, 0.25) is 0 Å². The third-order valence-corrected chi connectivity index (χ3v) is 3.46. The molecule has 0 atom stereocenters. The van der Waals surface area contributed by atoms with E-state index in [-0.39, 0.29) is 16.7 Å². The molecular formula is C15H8N4O4. The van der Waals surface area contributed by atoms with Gasteiger partial charge in [0.25, 0.3) is 11.8 Å². The fraction of sp³-hybridized carbons (Fsp3) is 0. The Morgan fingerprint density at radius 1 is 1.09 bits per heavy atom. The van der Waals surface area contributed by atoms with Gasteiger partial charge in [-0.3, -0.25) is 19.7 Å². The second-order valence-corrected chi connectivity index (χ2v) is 4.86. The number of imide groups is 1. The van der Waals surface area contributed by atoms with Crippen LogP contribution in [-0.4, -0.2) is 38.0 Å². The van der Waals surface area contributed by atoms with Gasteiger partial charge in [-0.15, -0.1) is 0 Å². The quantitative estimate of drug-likeness (QED) is 0.716. The second kappa shape index (κ2) is 4.73. The Labute approximate surface area is 128 Å². The molecule has 1 aliphatic rings. The molecule has 0 unspecified atom stereocenters. The molecule has 0 spiro atoms. The minimum absolute atomic E-state index is 0.0957. The number of aromatic amines is 1. The molecule has 4 rings (SSSR count). The van der Waals surface area contributed by atoms with Crippen molar-refractivity contribution in [3.63, 3.8) is 0 Å². The standard InChI is InChI=1S/C15H8N4O4/c20-13-9-3-1-2-4-10(9)14(21)19(13)23-15(22)8-5-11-12(16-6-8)7-17-18-11/h1-7H,(H,17,18). The van der Waals surface area contributed by atoms with Gasteiger partial charge in [0.05, 0.1) is 28.4 Å². The van der Waals surface area contributed by atoms with Gasteiger partial charge in [-0.05, 0) is 18.2 Å². The number of aromatic nitrogens is 3. The zero-order chi connectivity index (χ0) is 16.0. The van der Waals surface area contributed by atoms with E-state index in [1.165, 1.54) is 30.6 Å². The maximum absolute atomic E-state index is 12.2. The summed E-state index contributed by atoms with van der Waals surface area (Å²) in [5.74, 6) is -2.20. The zero-order valence-electron chi connectivity index (χ0n) is 11.5. The van der Waals surface area contributed by atoms with Gasteiger partial charge in [-0.25, -0.2) is 4.79 Å². The van der Waals surface area contributed by atoms with Crippen molar-refractivity contribution >= 4 is 28.8 Å². The predicted octanol–water partition coefficient (Wildman–Crippen LogP) is 1.33. The summed E-state index contributed by atoms with van der Waals surface area (Å²) in [5.41, 5.74) is 1.63. The van der Waals surface area contributed by atoms with Gasteiger partial charge in [-0.1, -0.05) is 17.2 Å². The second-order valence-electron chi connectivity index (χ2n) is 4.86. The minimum atomic E-state index is -0.858. The van der Waals surface area contributed by atoms with Crippen LogP contribution in [0, 0.1) is 0 Å². The Bertz CT molecular complexity index is 943. The Kier molecular flexibility index (Phi) is 2.70. The van der Waals surface area contributed by atoms with Gasteiger partial charge in [-0.2, -0.15) is 5.10 Å². The largest absolute Gasteiger partial charge is 0.365 e. The van der Waals surface area contributed by atoms with Gasteiger partial charge in [0.1, 0.15) is 5.52 Å². The summed E-state index contributed by atoms with van der Waals surface area (Å²) in [5, 5.41) is 6.93. The van der Waals surface area contributed by atoms with E-state index in [4.69, 9.17) is 4.84 Å². The lowest BCUT2D eigenvalue weighted by Crippen LogP contribution is -2.32. The fourth-order valence-electron chi connectivity index (χ4n) is 2.33. The first-order valence-corrected chi connectivity index (χ1v) is 6.64. The number of fused-ring (bicyclic) bond motifs is 2. The molecule has 1 aromatic carbocycles. The molecule has 0 radical (unpaired) electrons. The van der Waals surface area contributed by atoms with Crippen LogP contribution in [0.3, 0.4) is 0 Å². The number of hydrogen-bond acceptors (Lipinski definition) is 6. The summed E-state index contributed by atoms with van der Waals surface area (Å²) >= 11 is 0. The number of nitrogens with zero attached hydrogens (tertiary/aromatic N) is 3. The number of hydroxylamine groups is 2. The smallest absolute Gasteiger partial charge is 0.324 e. The van der Waals surface area contributed by atoms with Crippen molar-refractivity contribution in [2.24, 2.45) is 0 Å². The van der Waals surface area contributed by atoms with E-state index in [1.807, 2.05) is 0 Å². The highest BCUT2D eigenvalue weighted by Gasteiger charge is 2.38. The molecule has 0 aliphatic carbocycles. The van der Waals surface area contributed by atoms with Gasteiger partial charge in [0.15, 0.2) is 0 Å². The Balaban J connectivity index is 1.62. The van der Waals surface area contributed by atoms with E-state index in [2.05, 4.69) is 15.2 Å². The maximum atomic E-state index is 12.2. The molecule has 112 valence electrons. The number of carbonyl (C=O) groups excluding carboxylic acids is 3. The van der Waals surface area contributed by atoms with Crippen molar-refractivity contribution < 1.29 is 19.2 Å². The van der Waals surface area contributed by atoms with E-state index in [0.717, 1.165) is 0 Å². The van der Waals surface area contributed by atoms with E-state index >= 15 is 0 Å². The number of rotatable bonds is 2. The number of benzene rings is 1. The minimum Gasteiger partial charge on any atom is -0.324 e. The highest BCUT2D eigenvalue weighted by Crippen LogP contribution is 2.23. The van der Waals surface area contributed by atoms with Crippen molar-refractivity contribution in [3.8, 4) is 0 Å². The molecule has 23 heavy (non-hydrogen) atoms. The molecule has 2 amide bonds. The molecule has 0 saturated heterocycles. The summed E-state index contributed by atoms with van der Waals surface area (Å²) < 4.78 is 0. The zero-order valence-corrected chi connectivity index (χ0v) is 11.5. The summed E-state index contributed by atoms with van der Waals surface area (Å²) in [4.78, 5) is 45.4. The maximum Gasteiger partial charge on any atom is 0.365 e. The number of carbonyl (C=O) groups is 3. The number of H-pyrrole nitrogens is 1. The van der Waals surface area contributed by atoms with Crippen LogP contribution in [0.5, 0.6) is 0 Å². The first kappa shape index (κ1) is 13.1. The molecule has 0 bridgehead atoms. The average molecular weight is 308 g/mol. The molecular weight excluding hydrogens is 300 g/mol. The first-order valence-electron chi connectivity index (χ1n) is 6.64. The third kappa shape index (κ3) is 1.96. The van der Waals surface area contributed by atoms with Crippen LogP contribution in [0.1, 0.15) is 31.1 Å². The number of amides is 2. The van der Waals surface area contributed by atoms with Crippen LogP contribution in [0.4, 0.5) is 0 Å². The highest BCUT2D eigenvalue weighted by molar-refractivity contribution is 6.21. The van der Waals surface area contributed by atoms with E-state index in [1.54, 1.807) is 12.1 Å². The monoisotopic (exact) mass is 308 g/mol. The first-order chi connectivity index (χ1) is 11.1. The molecule has 0 saturated carbocycles. The highest BCUT2D eigenvalue weighted by atomic mass is 16.7. The van der Waals surface area contributed by atoms with Crippen molar-refractivity contribution in [1.82, 2.24) is 20.2 Å². The SMILES string of the molecule is O=C(ON1C(=O)c2ccccc2C1=O)c1cnc2cn[nH]c2c1. The van der Waals surface area contributed by atoms with Crippen LogP contribution in [-0.2, 0) is 4.84 Å². The van der Waals surface area contributed by atoms with Crippen LogP contribution < -0.4 is 0 Å². The molecule has 8 nitrogen and oxygen atoms in total. The van der Waals surface area contributed by atoms with E-state index in [9.17, 15) is 14.4 Å². The van der Waals surface area contributed by atoms with E-state index in [0.29, 0.717) is 16.1 Å². The van der Waals surface area contributed by atoms with Crippen molar-refractivity contribution in [2.75, 3.05) is 0 Å². The summed E-state index contributed by atoms with van der Waals surface area (Å²) in [7, 11) is 0. The normalized spacial score (nSPS) is 13.5. The van der Waals surface area contributed by atoms with Crippen LogP contribution in [0.25, 0.3) is 11.0 Å². The molecule has 3 aromatic rings. The van der Waals surface area contributed by atoms with Gasteiger partial charge < -0.3 is 4.84 Å². The van der Waals surface area contributed by atoms with Crippen LogP contribution in [0.15, 0.2) is 42.7 Å². The average Bonchev–Trinajstić information content (AvgIpc) is 3.13. The molecule has 8 heteroatoms.